The van der Waals surface area contributed by atoms with Crippen LogP contribution >= 0.6 is 7.82 Å². The van der Waals surface area contributed by atoms with Crippen LogP contribution in [0.4, 0.5) is 4.39 Å². The van der Waals surface area contributed by atoms with Crippen molar-refractivity contribution >= 4 is 38.7 Å². The number of hydrogen-bond donors (Lipinski definition) is 2. The molecule has 0 atom stereocenters. The molecule has 0 aliphatic heterocycles. The summed E-state index contributed by atoms with van der Waals surface area (Å²) in [6.45, 7) is 0. The zero-order chi connectivity index (χ0) is 8.36. The predicted molar refractivity (Wildman–Crippen MR) is 31.4 cm³/mol. The monoisotopic (exact) mass is 180 g/mol. The van der Waals surface area contributed by atoms with E-state index in [4.69, 9.17) is 9.79 Å². The fourth-order valence-corrected chi connectivity index (χ4v) is 0.432. The summed E-state index contributed by atoms with van der Waals surface area (Å²) in [7, 11) is -5.09. The van der Waals surface area contributed by atoms with E-state index in [0.717, 1.165) is 0 Å². The van der Waals surface area contributed by atoms with Crippen LogP contribution in [0.1, 0.15) is 0 Å². The van der Waals surface area contributed by atoms with Crippen LogP contribution in [-0.4, -0.2) is 40.7 Å². The summed E-state index contributed by atoms with van der Waals surface area (Å²) in [6.07, 6.45) is 0. The van der Waals surface area contributed by atoms with Crippen LogP contribution in [-0.2, 0) is 18.7 Å². The summed E-state index contributed by atoms with van der Waals surface area (Å²) in [5.74, 6) is -2.20. The number of halogens is 1. The Kier molecular flexibility index (Phi) is 5.66. The molecule has 0 aromatic carbocycles. The molecule has 0 bridgehead atoms. The van der Waals surface area contributed by atoms with E-state index in [9.17, 15) is 18.5 Å². The topological polar surface area (TPSA) is 101 Å². The van der Waals surface area contributed by atoms with Gasteiger partial charge in [-0.2, -0.15) is 4.39 Å². The van der Waals surface area contributed by atoms with Crippen LogP contribution in [0, 0.1) is 0 Å². The van der Waals surface area contributed by atoms with E-state index in [-0.39, 0.29) is 18.9 Å². The van der Waals surface area contributed by atoms with Gasteiger partial charge in [-0.3, -0.25) is 9.79 Å². The molecule has 0 saturated carbocycles. The van der Waals surface area contributed by atoms with Gasteiger partial charge < -0.3 is 4.52 Å². The predicted octanol–water partition coefficient (Wildman–Crippen LogP) is -1.53. The first-order valence-electron chi connectivity index (χ1n) is 1.82. The van der Waals surface area contributed by atoms with Crippen LogP contribution in [0.2, 0.25) is 0 Å². The molecule has 0 aromatic heterocycles. The van der Waals surface area contributed by atoms with Crippen molar-refractivity contribution in [3.63, 3.8) is 0 Å². The molecule has 0 spiro atoms. The van der Waals surface area contributed by atoms with Gasteiger partial charge in [0.25, 0.3) is 0 Å². The van der Waals surface area contributed by atoms with Crippen molar-refractivity contribution in [3.05, 3.63) is 0 Å². The van der Waals surface area contributed by atoms with Gasteiger partial charge in [-0.05, 0) is 0 Å². The number of carbonyl (C=O) groups excluding carboxylic acids is 2. The molecule has 0 aliphatic carbocycles. The molecule has 0 unspecified atom stereocenters. The van der Waals surface area contributed by atoms with Gasteiger partial charge in [0.05, 0.1) is 0 Å². The average molecular weight is 180 g/mol. The number of hydrogen-bond acceptors (Lipinski definition) is 4. The van der Waals surface area contributed by atoms with Crippen molar-refractivity contribution in [3.8, 4) is 0 Å². The van der Waals surface area contributed by atoms with E-state index in [1.807, 2.05) is 0 Å². The summed E-state index contributed by atoms with van der Waals surface area (Å²) in [6, 6.07) is -2.55. The molecule has 9 heteroatoms. The normalized spacial score (nSPS) is 9.73. The SMILES string of the molecule is O=C(F)C(=O)OP(=O)(O)O.[LiH]. The van der Waals surface area contributed by atoms with Crippen molar-refractivity contribution < 1.29 is 32.9 Å². The van der Waals surface area contributed by atoms with Crippen molar-refractivity contribution in [2.24, 2.45) is 0 Å². The summed E-state index contributed by atoms with van der Waals surface area (Å²) in [5.41, 5.74) is 0. The van der Waals surface area contributed by atoms with E-state index in [0.29, 0.717) is 0 Å². The molecule has 0 saturated heterocycles. The maximum atomic E-state index is 11.2. The summed E-state index contributed by atoms with van der Waals surface area (Å²) in [4.78, 5) is 34.6. The van der Waals surface area contributed by atoms with Crippen LogP contribution in [0.3, 0.4) is 0 Å². The molecule has 0 rings (SSSR count). The van der Waals surface area contributed by atoms with Gasteiger partial charge in [0.2, 0.25) is 0 Å². The second kappa shape index (κ2) is 4.65. The Morgan fingerprint density at radius 1 is 1.36 bits per heavy atom. The Hall–Kier alpha value is -0.183. The first kappa shape index (κ1) is 13.4. The fourth-order valence-electron chi connectivity index (χ4n) is 0.144. The van der Waals surface area contributed by atoms with Gasteiger partial charge in [-0.15, -0.1) is 0 Å². The quantitative estimate of drug-likeness (QED) is 0.231. The van der Waals surface area contributed by atoms with Gasteiger partial charge in [0.15, 0.2) is 0 Å². The molecule has 0 aromatic rings. The van der Waals surface area contributed by atoms with Crippen LogP contribution in [0.5, 0.6) is 0 Å². The molecule has 11 heavy (non-hydrogen) atoms. The molecular formula is C2H3FLiO6P. The number of rotatable bonds is 2. The third-order valence-electron chi connectivity index (χ3n) is 0.362. The van der Waals surface area contributed by atoms with Gasteiger partial charge >= 0.3 is 38.7 Å². The molecule has 0 aliphatic rings. The third kappa shape index (κ3) is 7.72. The van der Waals surface area contributed by atoms with Crippen molar-refractivity contribution in [1.82, 2.24) is 0 Å². The van der Waals surface area contributed by atoms with Crippen LogP contribution in [0.25, 0.3) is 0 Å². The number of phosphoric acid groups is 1. The Bertz CT molecular complexity index is 209. The number of phosphoric ester groups is 1. The zero-order valence-electron chi connectivity index (χ0n) is 4.35. The summed E-state index contributed by atoms with van der Waals surface area (Å²) < 4.78 is 23.8. The van der Waals surface area contributed by atoms with Gasteiger partial charge in [-0.1, -0.05) is 0 Å². The van der Waals surface area contributed by atoms with Crippen molar-refractivity contribution in [1.29, 1.82) is 0 Å². The molecule has 6 nitrogen and oxygen atoms in total. The summed E-state index contributed by atoms with van der Waals surface area (Å²) >= 11 is 0. The Morgan fingerprint density at radius 2 is 1.73 bits per heavy atom. The average Bonchev–Trinajstić information content (AvgIpc) is 1.60. The number of carbonyl (C=O) groups is 2. The minimum absolute atomic E-state index is 0. The Balaban J connectivity index is 0. The second-order valence-electron chi connectivity index (χ2n) is 1.14. The van der Waals surface area contributed by atoms with Gasteiger partial charge in [0, 0.05) is 0 Å². The van der Waals surface area contributed by atoms with Gasteiger partial charge in [0.1, 0.15) is 0 Å². The molecule has 0 amide bonds. The second-order valence-corrected chi connectivity index (χ2v) is 2.31. The van der Waals surface area contributed by atoms with Gasteiger partial charge in [-0.25, -0.2) is 14.2 Å². The Labute approximate surface area is 72.1 Å². The third-order valence-corrected chi connectivity index (χ3v) is 0.766. The molecule has 60 valence electrons. The first-order valence-corrected chi connectivity index (χ1v) is 3.35. The van der Waals surface area contributed by atoms with E-state index in [1.165, 1.54) is 0 Å². The zero-order valence-corrected chi connectivity index (χ0v) is 5.25. The summed E-state index contributed by atoms with van der Waals surface area (Å²) in [5, 5.41) is 0. The standard InChI is InChI=1S/C2H2FO6P.Li.H/c3-1(4)2(5)9-10(6,7)8;;/h(H2,6,7,8);;. The van der Waals surface area contributed by atoms with Crippen molar-refractivity contribution in [2.75, 3.05) is 0 Å². The fraction of sp³-hybridized carbons (Fsp3) is 0. The molecule has 0 radical (unpaired) electrons. The minimum atomic E-state index is -5.09. The molecule has 0 fully saturated rings. The Morgan fingerprint density at radius 3 is 1.82 bits per heavy atom. The van der Waals surface area contributed by atoms with E-state index < -0.39 is 19.8 Å². The molecule has 2 N–H and O–H groups in total. The maximum absolute atomic E-state index is 11.2. The van der Waals surface area contributed by atoms with Crippen LogP contribution in [0.15, 0.2) is 0 Å². The van der Waals surface area contributed by atoms with Crippen molar-refractivity contribution in [2.45, 2.75) is 0 Å². The first-order chi connectivity index (χ1) is 4.33. The van der Waals surface area contributed by atoms with E-state index in [1.54, 1.807) is 0 Å². The molecular weight excluding hydrogens is 177 g/mol. The van der Waals surface area contributed by atoms with E-state index >= 15 is 0 Å². The van der Waals surface area contributed by atoms with Crippen LogP contribution < -0.4 is 0 Å². The van der Waals surface area contributed by atoms with E-state index in [2.05, 4.69) is 4.52 Å². The molecule has 0 heterocycles.